The lowest BCUT2D eigenvalue weighted by Crippen LogP contribution is -2.41. The molecule has 1 heterocycles. The van der Waals surface area contributed by atoms with Crippen LogP contribution < -0.4 is 5.46 Å². The number of hydrogen-bond donors (Lipinski definition) is 0. The van der Waals surface area contributed by atoms with Crippen LogP contribution in [0.3, 0.4) is 0 Å². The number of nitrogens with zero attached hydrogens (tertiary/aromatic N) is 1. The Kier molecular flexibility index (Phi) is 5.69. The molecule has 0 aliphatic carbocycles. The summed E-state index contributed by atoms with van der Waals surface area (Å²) in [5.41, 5.74) is 0.643. The third kappa shape index (κ3) is 4.28. The van der Waals surface area contributed by atoms with Gasteiger partial charge in [0.1, 0.15) is 11.7 Å². The predicted octanol–water partition coefficient (Wildman–Crippen LogP) is 2.72. The van der Waals surface area contributed by atoms with E-state index in [1.54, 1.807) is 12.1 Å². The van der Waals surface area contributed by atoms with Gasteiger partial charge in [-0.2, -0.15) is 0 Å². The van der Waals surface area contributed by atoms with Crippen LogP contribution in [-0.4, -0.2) is 35.6 Å². The molecule has 1 atom stereocenters. The molecule has 0 amide bonds. The zero-order valence-electron chi connectivity index (χ0n) is 15.6. The van der Waals surface area contributed by atoms with Gasteiger partial charge in [-0.1, -0.05) is 31.2 Å². The predicted molar refractivity (Wildman–Crippen MR) is 96.7 cm³/mol. The lowest BCUT2D eigenvalue weighted by atomic mass is 9.78. The molecule has 7 heteroatoms. The van der Waals surface area contributed by atoms with Crippen molar-refractivity contribution in [1.82, 2.24) is 0 Å². The molecule has 1 fully saturated rings. The van der Waals surface area contributed by atoms with Crippen LogP contribution in [0.1, 0.15) is 58.9 Å². The fourth-order valence-electron chi connectivity index (χ4n) is 2.83. The smallest absolute Gasteiger partial charge is 0.399 e. The molecule has 0 saturated carbocycles. The maximum atomic E-state index is 12.2. The molecular formula is C18H26BNO5. The van der Waals surface area contributed by atoms with E-state index >= 15 is 0 Å². The SMILES string of the molecule is CCCC(=O)C(C[N+](=O)[O-])c1ccc(B2OC(C)(C)C(C)(C)O2)cc1. The zero-order valence-corrected chi connectivity index (χ0v) is 15.6. The number of hydrogen-bond acceptors (Lipinski definition) is 5. The Labute approximate surface area is 149 Å². The Morgan fingerprint density at radius 2 is 1.68 bits per heavy atom. The average molecular weight is 347 g/mol. The number of carbonyl (C=O) groups is 1. The maximum Gasteiger partial charge on any atom is 0.494 e. The van der Waals surface area contributed by atoms with Gasteiger partial charge >= 0.3 is 7.12 Å². The quantitative estimate of drug-likeness (QED) is 0.430. The van der Waals surface area contributed by atoms with Crippen molar-refractivity contribution < 1.29 is 19.0 Å². The second-order valence-corrected chi connectivity index (χ2v) is 7.54. The topological polar surface area (TPSA) is 78.7 Å². The van der Waals surface area contributed by atoms with Gasteiger partial charge in [-0.3, -0.25) is 14.9 Å². The van der Waals surface area contributed by atoms with Gasteiger partial charge in [-0.15, -0.1) is 0 Å². The lowest BCUT2D eigenvalue weighted by Gasteiger charge is -2.32. The van der Waals surface area contributed by atoms with Crippen molar-refractivity contribution in [3.05, 3.63) is 39.9 Å². The fourth-order valence-corrected chi connectivity index (χ4v) is 2.83. The van der Waals surface area contributed by atoms with Gasteiger partial charge in [0.25, 0.3) is 0 Å². The van der Waals surface area contributed by atoms with Crippen molar-refractivity contribution in [3.63, 3.8) is 0 Å². The molecular weight excluding hydrogens is 321 g/mol. The third-order valence-electron chi connectivity index (χ3n) is 5.08. The van der Waals surface area contributed by atoms with E-state index in [1.807, 2.05) is 46.8 Å². The molecule has 6 nitrogen and oxygen atoms in total. The standard InChI is InChI=1S/C18H26BNO5/c1-6-7-16(21)15(12-20(22)23)13-8-10-14(11-9-13)19-24-17(2,3)18(4,5)25-19/h8-11,15H,6-7,12H2,1-5H3. The summed E-state index contributed by atoms with van der Waals surface area (Å²) in [6.07, 6.45) is 1.02. The number of Topliss-reactive ketones (excluding diaryl/α,β-unsaturated/α-hetero) is 1. The van der Waals surface area contributed by atoms with E-state index in [1.165, 1.54) is 0 Å². The molecule has 0 N–H and O–H groups in total. The largest absolute Gasteiger partial charge is 0.494 e. The molecule has 1 aromatic rings. The first-order valence-corrected chi connectivity index (χ1v) is 8.67. The van der Waals surface area contributed by atoms with Crippen LogP contribution in [0, 0.1) is 10.1 Å². The third-order valence-corrected chi connectivity index (χ3v) is 5.08. The Bertz CT molecular complexity index is 625. The Balaban J connectivity index is 2.20. The lowest BCUT2D eigenvalue weighted by molar-refractivity contribution is -0.481. The molecule has 0 radical (unpaired) electrons. The van der Waals surface area contributed by atoms with Crippen LogP contribution in [0.2, 0.25) is 0 Å². The highest BCUT2D eigenvalue weighted by atomic mass is 16.7. The number of benzene rings is 1. The monoisotopic (exact) mass is 347 g/mol. The van der Waals surface area contributed by atoms with E-state index in [4.69, 9.17) is 9.31 Å². The molecule has 0 aromatic heterocycles. The summed E-state index contributed by atoms with van der Waals surface area (Å²) < 4.78 is 12.0. The van der Waals surface area contributed by atoms with Crippen LogP contribution in [0.15, 0.2) is 24.3 Å². The first-order chi connectivity index (χ1) is 11.6. The van der Waals surface area contributed by atoms with Gasteiger partial charge in [-0.25, -0.2) is 0 Å². The molecule has 1 aliphatic rings. The van der Waals surface area contributed by atoms with Gasteiger partial charge < -0.3 is 9.31 Å². The van der Waals surface area contributed by atoms with Crippen LogP contribution in [0.25, 0.3) is 0 Å². The highest BCUT2D eigenvalue weighted by Gasteiger charge is 2.51. The highest BCUT2D eigenvalue weighted by Crippen LogP contribution is 2.36. The van der Waals surface area contributed by atoms with E-state index in [0.717, 1.165) is 5.46 Å². The van der Waals surface area contributed by atoms with E-state index in [2.05, 4.69) is 0 Å². The first kappa shape index (κ1) is 19.6. The first-order valence-electron chi connectivity index (χ1n) is 8.67. The van der Waals surface area contributed by atoms with Crippen molar-refractivity contribution in [2.45, 2.75) is 64.6 Å². The molecule has 0 spiro atoms. The molecule has 2 rings (SSSR count). The minimum Gasteiger partial charge on any atom is -0.399 e. The molecule has 1 aliphatic heterocycles. The van der Waals surface area contributed by atoms with Crippen LogP contribution in [-0.2, 0) is 14.1 Å². The van der Waals surface area contributed by atoms with Crippen molar-refractivity contribution in [2.75, 3.05) is 6.54 Å². The minimum absolute atomic E-state index is 0.0948. The van der Waals surface area contributed by atoms with Crippen molar-refractivity contribution in [1.29, 1.82) is 0 Å². The van der Waals surface area contributed by atoms with Crippen molar-refractivity contribution >= 4 is 18.4 Å². The molecule has 0 bridgehead atoms. The Morgan fingerprint density at radius 1 is 1.16 bits per heavy atom. The van der Waals surface area contributed by atoms with E-state index < -0.39 is 29.2 Å². The van der Waals surface area contributed by atoms with Crippen LogP contribution in [0.4, 0.5) is 0 Å². The van der Waals surface area contributed by atoms with Gasteiger partial charge in [0, 0.05) is 11.3 Å². The summed E-state index contributed by atoms with van der Waals surface area (Å²) in [7, 11) is -0.487. The molecule has 136 valence electrons. The molecule has 25 heavy (non-hydrogen) atoms. The number of carbonyl (C=O) groups excluding carboxylic acids is 1. The molecule has 1 aromatic carbocycles. The van der Waals surface area contributed by atoms with E-state index in [9.17, 15) is 14.9 Å². The average Bonchev–Trinajstić information content (AvgIpc) is 2.73. The number of rotatable bonds is 7. The highest BCUT2D eigenvalue weighted by molar-refractivity contribution is 6.62. The van der Waals surface area contributed by atoms with Crippen molar-refractivity contribution in [3.8, 4) is 0 Å². The summed E-state index contributed by atoms with van der Waals surface area (Å²) >= 11 is 0. The van der Waals surface area contributed by atoms with E-state index in [0.29, 0.717) is 18.4 Å². The Hall–Kier alpha value is -1.73. The van der Waals surface area contributed by atoms with Gasteiger partial charge in [0.05, 0.1) is 11.2 Å². The zero-order chi connectivity index (χ0) is 18.8. The second-order valence-electron chi connectivity index (χ2n) is 7.54. The minimum atomic E-state index is -0.706. The van der Waals surface area contributed by atoms with Crippen LogP contribution >= 0.6 is 0 Å². The molecule has 1 unspecified atom stereocenters. The summed E-state index contributed by atoms with van der Waals surface area (Å²) in [5, 5.41) is 10.9. The fraction of sp³-hybridized carbons (Fsp3) is 0.611. The Morgan fingerprint density at radius 3 is 2.12 bits per heavy atom. The van der Waals surface area contributed by atoms with Gasteiger partial charge in [0.2, 0.25) is 6.54 Å². The summed E-state index contributed by atoms with van der Waals surface area (Å²) in [6.45, 7) is 9.45. The number of nitro groups is 1. The van der Waals surface area contributed by atoms with E-state index in [-0.39, 0.29) is 12.3 Å². The van der Waals surface area contributed by atoms with Gasteiger partial charge in [0.15, 0.2) is 0 Å². The summed E-state index contributed by atoms with van der Waals surface area (Å²) in [5.74, 6) is -0.801. The summed E-state index contributed by atoms with van der Waals surface area (Å²) in [4.78, 5) is 22.7. The van der Waals surface area contributed by atoms with Gasteiger partial charge in [-0.05, 0) is 45.1 Å². The molecule has 1 saturated heterocycles. The summed E-state index contributed by atoms with van der Waals surface area (Å²) in [6, 6.07) is 7.18. The van der Waals surface area contributed by atoms with Crippen molar-refractivity contribution in [2.24, 2.45) is 0 Å². The maximum absolute atomic E-state index is 12.2. The second kappa shape index (κ2) is 7.26. The number of ketones is 1. The normalized spacial score (nSPS) is 19.6. The van der Waals surface area contributed by atoms with Crippen LogP contribution in [0.5, 0.6) is 0 Å².